The van der Waals surface area contributed by atoms with Gasteiger partial charge in [-0.1, -0.05) is 18.2 Å². The molecule has 122 valence electrons. The van der Waals surface area contributed by atoms with Gasteiger partial charge in [-0.15, -0.1) is 5.10 Å². The molecule has 0 bridgehead atoms. The van der Waals surface area contributed by atoms with Crippen molar-refractivity contribution in [1.82, 2.24) is 20.2 Å². The van der Waals surface area contributed by atoms with Crippen LogP contribution >= 0.6 is 0 Å². The van der Waals surface area contributed by atoms with Crippen molar-refractivity contribution in [3.8, 4) is 0 Å². The highest BCUT2D eigenvalue weighted by Gasteiger charge is 2.01. The van der Waals surface area contributed by atoms with Crippen molar-refractivity contribution in [2.24, 2.45) is 0 Å². The van der Waals surface area contributed by atoms with Crippen LogP contribution in [0, 0.1) is 5.82 Å². The molecule has 7 heteroatoms. The third-order valence-corrected chi connectivity index (χ3v) is 3.35. The van der Waals surface area contributed by atoms with Gasteiger partial charge in [-0.3, -0.25) is 4.98 Å². The van der Waals surface area contributed by atoms with E-state index in [4.69, 9.17) is 0 Å². The molecular weight excluding hydrogens is 307 g/mol. The highest BCUT2D eigenvalue weighted by atomic mass is 19.1. The summed E-state index contributed by atoms with van der Waals surface area (Å²) >= 11 is 0. The minimum atomic E-state index is -0.231. The molecule has 0 saturated heterocycles. The highest BCUT2D eigenvalue weighted by Crippen LogP contribution is 2.07. The monoisotopic (exact) mass is 324 g/mol. The molecule has 0 fully saturated rings. The molecule has 0 aliphatic carbocycles. The quantitative estimate of drug-likeness (QED) is 0.696. The number of nitrogens with one attached hydrogen (secondary N) is 2. The fourth-order valence-electron chi connectivity index (χ4n) is 2.12. The lowest BCUT2D eigenvalue weighted by Crippen LogP contribution is -2.11. The SMILES string of the molecule is Fc1ccc(CCNc2nncc(NCc3ccccn3)n2)cc1. The van der Waals surface area contributed by atoms with Gasteiger partial charge in [-0.2, -0.15) is 10.1 Å². The molecule has 0 aliphatic rings. The summed E-state index contributed by atoms with van der Waals surface area (Å²) in [5.41, 5.74) is 1.96. The number of aromatic nitrogens is 4. The largest absolute Gasteiger partial charge is 0.363 e. The standard InChI is InChI=1S/C17H17FN6/c18-14-6-4-13(5-7-14)8-10-20-17-23-16(12-22-24-17)21-11-15-3-1-2-9-19-15/h1-7,9,12H,8,10-11H2,(H2,20,21,23,24). The minimum Gasteiger partial charge on any atom is -0.363 e. The number of benzene rings is 1. The summed E-state index contributed by atoms with van der Waals surface area (Å²) < 4.78 is 12.9. The number of hydrogen-bond donors (Lipinski definition) is 2. The van der Waals surface area contributed by atoms with Crippen molar-refractivity contribution in [2.45, 2.75) is 13.0 Å². The van der Waals surface area contributed by atoms with Gasteiger partial charge in [0, 0.05) is 12.7 Å². The van der Waals surface area contributed by atoms with E-state index in [0.29, 0.717) is 24.9 Å². The molecule has 0 unspecified atom stereocenters. The third kappa shape index (κ3) is 4.70. The molecule has 0 atom stereocenters. The van der Waals surface area contributed by atoms with E-state index in [1.165, 1.54) is 12.1 Å². The molecular formula is C17H17FN6. The van der Waals surface area contributed by atoms with Gasteiger partial charge < -0.3 is 10.6 Å². The van der Waals surface area contributed by atoms with Gasteiger partial charge in [0.2, 0.25) is 5.95 Å². The van der Waals surface area contributed by atoms with Gasteiger partial charge in [-0.05, 0) is 36.2 Å². The molecule has 2 heterocycles. The van der Waals surface area contributed by atoms with E-state index in [0.717, 1.165) is 17.7 Å². The van der Waals surface area contributed by atoms with Crippen LogP contribution in [0.1, 0.15) is 11.3 Å². The Labute approximate surface area is 139 Å². The predicted molar refractivity (Wildman–Crippen MR) is 90.0 cm³/mol. The van der Waals surface area contributed by atoms with E-state index in [-0.39, 0.29) is 5.82 Å². The fourth-order valence-corrected chi connectivity index (χ4v) is 2.12. The van der Waals surface area contributed by atoms with Crippen LogP contribution < -0.4 is 10.6 Å². The van der Waals surface area contributed by atoms with Crippen LogP contribution in [0.15, 0.2) is 54.9 Å². The number of anilines is 2. The summed E-state index contributed by atoms with van der Waals surface area (Å²) in [6, 6.07) is 12.2. The Morgan fingerprint density at radius 3 is 2.67 bits per heavy atom. The van der Waals surface area contributed by atoms with E-state index >= 15 is 0 Å². The van der Waals surface area contributed by atoms with Crippen LogP contribution in [0.25, 0.3) is 0 Å². The molecule has 3 rings (SSSR count). The Kier molecular flexibility index (Phi) is 5.24. The summed E-state index contributed by atoms with van der Waals surface area (Å²) in [5, 5.41) is 14.1. The van der Waals surface area contributed by atoms with Crippen molar-refractivity contribution in [3.05, 3.63) is 71.9 Å². The van der Waals surface area contributed by atoms with E-state index in [9.17, 15) is 4.39 Å². The Bertz CT molecular complexity index is 764. The maximum atomic E-state index is 12.9. The second-order valence-electron chi connectivity index (χ2n) is 5.14. The molecule has 1 aromatic carbocycles. The lowest BCUT2D eigenvalue weighted by molar-refractivity contribution is 0.627. The lowest BCUT2D eigenvalue weighted by atomic mass is 10.1. The van der Waals surface area contributed by atoms with Gasteiger partial charge in [-0.25, -0.2) is 4.39 Å². The van der Waals surface area contributed by atoms with Gasteiger partial charge in [0.25, 0.3) is 0 Å². The first-order chi connectivity index (χ1) is 11.8. The second-order valence-corrected chi connectivity index (χ2v) is 5.14. The fraction of sp³-hybridized carbons (Fsp3) is 0.176. The first kappa shape index (κ1) is 15.8. The number of hydrogen-bond acceptors (Lipinski definition) is 6. The van der Waals surface area contributed by atoms with E-state index in [1.807, 2.05) is 18.2 Å². The molecule has 24 heavy (non-hydrogen) atoms. The molecule has 2 N–H and O–H groups in total. The number of rotatable bonds is 7. The number of pyridine rings is 1. The van der Waals surface area contributed by atoms with Crippen LogP contribution in [0.2, 0.25) is 0 Å². The minimum absolute atomic E-state index is 0.231. The predicted octanol–water partition coefficient (Wildman–Crippen LogP) is 2.67. The van der Waals surface area contributed by atoms with Crippen LogP contribution in [0.3, 0.4) is 0 Å². The average molecular weight is 324 g/mol. The molecule has 3 aromatic rings. The molecule has 6 nitrogen and oxygen atoms in total. The Morgan fingerprint density at radius 1 is 1.00 bits per heavy atom. The van der Waals surface area contributed by atoms with E-state index in [2.05, 4.69) is 30.8 Å². The zero-order chi connectivity index (χ0) is 16.6. The Morgan fingerprint density at radius 2 is 1.88 bits per heavy atom. The van der Waals surface area contributed by atoms with Crippen LogP contribution in [0.4, 0.5) is 16.2 Å². The van der Waals surface area contributed by atoms with Crippen LogP contribution in [-0.4, -0.2) is 26.7 Å². The smallest absolute Gasteiger partial charge is 0.244 e. The molecule has 0 spiro atoms. The summed E-state index contributed by atoms with van der Waals surface area (Å²) in [6.45, 7) is 1.20. The number of halogens is 1. The maximum absolute atomic E-state index is 12.9. The molecule has 0 aliphatic heterocycles. The van der Waals surface area contributed by atoms with Crippen molar-refractivity contribution in [1.29, 1.82) is 0 Å². The van der Waals surface area contributed by atoms with Gasteiger partial charge in [0.1, 0.15) is 5.82 Å². The second kappa shape index (κ2) is 7.96. The van der Waals surface area contributed by atoms with Crippen LogP contribution in [0.5, 0.6) is 0 Å². The topological polar surface area (TPSA) is 75.6 Å². The van der Waals surface area contributed by atoms with Crippen LogP contribution in [-0.2, 0) is 13.0 Å². The van der Waals surface area contributed by atoms with Gasteiger partial charge in [0.15, 0.2) is 5.82 Å². The summed E-state index contributed by atoms with van der Waals surface area (Å²) in [5.74, 6) is 0.842. The molecule has 0 radical (unpaired) electrons. The van der Waals surface area contributed by atoms with E-state index in [1.54, 1.807) is 24.5 Å². The van der Waals surface area contributed by atoms with Crippen molar-refractivity contribution >= 4 is 11.8 Å². The third-order valence-electron chi connectivity index (χ3n) is 3.35. The molecule has 2 aromatic heterocycles. The number of nitrogens with zero attached hydrogens (tertiary/aromatic N) is 4. The Hall–Kier alpha value is -3.09. The zero-order valence-corrected chi connectivity index (χ0v) is 13.0. The first-order valence-electron chi connectivity index (χ1n) is 7.61. The highest BCUT2D eigenvalue weighted by molar-refractivity contribution is 5.37. The van der Waals surface area contributed by atoms with Crippen molar-refractivity contribution in [3.63, 3.8) is 0 Å². The summed E-state index contributed by atoms with van der Waals surface area (Å²) in [6.07, 6.45) is 4.06. The molecule has 0 amide bonds. The summed E-state index contributed by atoms with van der Waals surface area (Å²) in [7, 11) is 0. The summed E-state index contributed by atoms with van der Waals surface area (Å²) in [4.78, 5) is 8.59. The van der Waals surface area contributed by atoms with Crippen molar-refractivity contribution < 1.29 is 4.39 Å². The Balaban J connectivity index is 1.50. The maximum Gasteiger partial charge on any atom is 0.244 e. The normalized spacial score (nSPS) is 10.4. The van der Waals surface area contributed by atoms with Crippen molar-refractivity contribution in [2.75, 3.05) is 17.2 Å². The van der Waals surface area contributed by atoms with Gasteiger partial charge in [0.05, 0.1) is 18.4 Å². The first-order valence-corrected chi connectivity index (χ1v) is 7.61. The molecule has 0 saturated carbocycles. The zero-order valence-electron chi connectivity index (χ0n) is 13.0. The average Bonchev–Trinajstić information content (AvgIpc) is 2.63. The van der Waals surface area contributed by atoms with E-state index < -0.39 is 0 Å². The van der Waals surface area contributed by atoms with Gasteiger partial charge >= 0.3 is 0 Å². The lowest BCUT2D eigenvalue weighted by Gasteiger charge is -2.07.